The average molecular weight is 727 g/mol. The number of pyridine rings is 1. The summed E-state index contributed by atoms with van der Waals surface area (Å²) in [6.45, 7) is 1.79. The smallest absolute Gasteiger partial charge is 0.244 e. The van der Waals surface area contributed by atoms with Gasteiger partial charge in [-0.2, -0.15) is 0 Å². The summed E-state index contributed by atoms with van der Waals surface area (Å²) in [6, 6.07) is 40.0. The maximum Gasteiger partial charge on any atom is 0.244 e. The standard InChI is InChI=1S/C46H54N4O4/c51-40(35-54-44-28-13-27-42-41(44)26-14-30-47-42)33-49-31-32-50(45(52)29-12-23-38-19-8-3-9-20-38)43(34-49)46(53)48-39(24-10-21-36-15-4-1-5-16-36)25-11-22-37-17-6-2-7-18-37/h1-9,13-20,26-28,30,39-40,43,51H,10-12,21-25,29,31-35H2,(H,48,53)/t40-,43?/m1/s1. The molecule has 2 atom stereocenters. The zero-order chi connectivity index (χ0) is 37.4. The maximum absolute atomic E-state index is 14.3. The molecule has 282 valence electrons. The van der Waals surface area contributed by atoms with Crippen molar-refractivity contribution in [3.8, 4) is 5.75 Å². The first-order chi connectivity index (χ1) is 26.5. The Kier molecular flexibility index (Phi) is 14.6. The second kappa shape index (κ2) is 20.4. The van der Waals surface area contributed by atoms with Gasteiger partial charge >= 0.3 is 0 Å². The van der Waals surface area contributed by atoms with Crippen molar-refractivity contribution in [2.75, 3.05) is 32.8 Å². The molecule has 1 unspecified atom stereocenters. The number of hydrogen-bond acceptors (Lipinski definition) is 6. The maximum atomic E-state index is 14.3. The topological polar surface area (TPSA) is 95.0 Å². The number of nitrogens with zero attached hydrogens (tertiary/aromatic N) is 3. The monoisotopic (exact) mass is 726 g/mol. The number of fused-ring (bicyclic) bond motifs is 1. The molecular formula is C46H54N4O4. The third kappa shape index (κ3) is 11.7. The highest BCUT2D eigenvalue weighted by atomic mass is 16.5. The number of aliphatic hydroxyl groups excluding tert-OH is 1. The van der Waals surface area contributed by atoms with Gasteiger partial charge in [0.1, 0.15) is 24.5 Å². The van der Waals surface area contributed by atoms with Gasteiger partial charge < -0.3 is 20.1 Å². The zero-order valence-corrected chi connectivity index (χ0v) is 31.3. The SMILES string of the molecule is O=C(NC(CCCc1ccccc1)CCCc1ccccc1)C1CN(C[C@@H](O)COc2cccc3ncccc23)CCN1C(=O)CCCc1ccccc1. The van der Waals surface area contributed by atoms with Gasteiger partial charge in [-0.05, 0) is 92.3 Å². The highest BCUT2D eigenvalue weighted by Crippen LogP contribution is 2.24. The van der Waals surface area contributed by atoms with Gasteiger partial charge in [-0.3, -0.25) is 19.5 Å². The predicted octanol–water partition coefficient (Wildman–Crippen LogP) is 7.04. The number of aromatic nitrogens is 1. The van der Waals surface area contributed by atoms with E-state index in [0.717, 1.165) is 62.3 Å². The molecule has 1 fully saturated rings. The van der Waals surface area contributed by atoms with Gasteiger partial charge in [-0.25, -0.2) is 0 Å². The molecule has 1 aromatic heterocycles. The molecule has 8 heteroatoms. The van der Waals surface area contributed by atoms with Gasteiger partial charge in [0.25, 0.3) is 0 Å². The Hall–Kier alpha value is -5.05. The minimum atomic E-state index is -0.780. The van der Waals surface area contributed by atoms with Crippen LogP contribution in [0.4, 0.5) is 0 Å². The van der Waals surface area contributed by atoms with E-state index in [9.17, 15) is 14.7 Å². The number of nitrogens with one attached hydrogen (secondary N) is 1. The number of hydrogen-bond donors (Lipinski definition) is 2. The van der Waals surface area contributed by atoms with Gasteiger partial charge in [0.05, 0.1) is 5.52 Å². The van der Waals surface area contributed by atoms with Crippen molar-refractivity contribution < 1.29 is 19.4 Å². The van der Waals surface area contributed by atoms with Crippen molar-refractivity contribution in [2.24, 2.45) is 0 Å². The number of piperazine rings is 1. The number of carbonyl (C=O) groups excluding carboxylic acids is 2. The van der Waals surface area contributed by atoms with Crippen LogP contribution < -0.4 is 10.1 Å². The highest BCUT2D eigenvalue weighted by Gasteiger charge is 2.36. The van der Waals surface area contributed by atoms with Gasteiger partial charge in [-0.15, -0.1) is 0 Å². The van der Waals surface area contributed by atoms with E-state index in [1.165, 1.54) is 16.7 Å². The third-order valence-corrected chi connectivity index (χ3v) is 10.4. The number of aliphatic hydroxyl groups is 1. The Morgan fingerprint density at radius 3 is 1.98 bits per heavy atom. The van der Waals surface area contributed by atoms with E-state index in [0.29, 0.717) is 38.3 Å². The van der Waals surface area contributed by atoms with Crippen LogP contribution in [0.1, 0.15) is 55.2 Å². The fourth-order valence-electron chi connectivity index (χ4n) is 7.48. The molecule has 2 N–H and O–H groups in total. The minimum absolute atomic E-state index is 0.00360. The lowest BCUT2D eigenvalue weighted by Crippen LogP contribution is -2.62. The second-order valence-corrected chi connectivity index (χ2v) is 14.5. The molecule has 0 radical (unpaired) electrons. The molecule has 0 saturated carbocycles. The van der Waals surface area contributed by atoms with Crippen LogP contribution in [0.15, 0.2) is 128 Å². The summed E-state index contributed by atoms with van der Waals surface area (Å²) in [5.41, 5.74) is 4.62. The van der Waals surface area contributed by atoms with Crippen LogP contribution in [0.25, 0.3) is 10.9 Å². The van der Waals surface area contributed by atoms with E-state index in [4.69, 9.17) is 4.74 Å². The Morgan fingerprint density at radius 1 is 0.741 bits per heavy atom. The lowest BCUT2D eigenvalue weighted by atomic mass is 9.98. The molecule has 2 amide bonds. The van der Waals surface area contributed by atoms with Crippen LogP contribution >= 0.6 is 0 Å². The molecule has 0 spiro atoms. The molecule has 54 heavy (non-hydrogen) atoms. The van der Waals surface area contributed by atoms with Crippen molar-refractivity contribution in [2.45, 2.75) is 76.0 Å². The van der Waals surface area contributed by atoms with E-state index in [2.05, 4.69) is 75.9 Å². The molecule has 8 nitrogen and oxygen atoms in total. The zero-order valence-electron chi connectivity index (χ0n) is 31.3. The predicted molar refractivity (Wildman–Crippen MR) is 215 cm³/mol. The van der Waals surface area contributed by atoms with Crippen molar-refractivity contribution in [3.05, 3.63) is 144 Å². The highest BCUT2D eigenvalue weighted by molar-refractivity contribution is 5.88. The van der Waals surface area contributed by atoms with E-state index in [-0.39, 0.29) is 24.5 Å². The van der Waals surface area contributed by atoms with E-state index in [1.54, 1.807) is 11.1 Å². The van der Waals surface area contributed by atoms with E-state index < -0.39 is 12.1 Å². The van der Waals surface area contributed by atoms with Crippen LogP contribution in [0, 0.1) is 0 Å². The summed E-state index contributed by atoms with van der Waals surface area (Å²) in [4.78, 5) is 36.4. The van der Waals surface area contributed by atoms with Gasteiger partial charge in [-0.1, -0.05) is 97.1 Å². The number of β-amino-alcohol motifs (C(OH)–C–C–N with tert-alkyl or cyclic N) is 1. The Morgan fingerprint density at radius 2 is 1.35 bits per heavy atom. The lowest BCUT2D eigenvalue weighted by molar-refractivity contribution is -0.144. The molecule has 1 saturated heterocycles. The van der Waals surface area contributed by atoms with Gasteiger partial charge in [0.15, 0.2) is 0 Å². The summed E-state index contributed by atoms with van der Waals surface area (Å²) >= 11 is 0. The Balaban J connectivity index is 1.10. The summed E-state index contributed by atoms with van der Waals surface area (Å²) in [6.07, 6.45) is 8.41. The Labute approximate surface area is 320 Å². The quantitative estimate of drug-likeness (QED) is 0.0949. The normalized spacial score (nSPS) is 15.3. The van der Waals surface area contributed by atoms with E-state index in [1.807, 2.05) is 60.7 Å². The number of aryl methyl sites for hydroxylation is 3. The third-order valence-electron chi connectivity index (χ3n) is 10.4. The molecular weight excluding hydrogens is 673 g/mol. The minimum Gasteiger partial charge on any atom is -0.490 e. The lowest BCUT2D eigenvalue weighted by Gasteiger charge is -2.41. The summed E-state index contributed by atoms with van der Waals surface area (Å²) in [5, 5.41) is 15.4. The fourth-order valence-corrected chi connectivity index (χ4v) is 7.48. The van der Waals surface area contributed by atoms with Crippen molar-refractivity contribution >= 4 is 22.7 Å². The molecule has 0 aliphatic carbocycles. The first kappa shape index (κ1) is 38.7. The fraction of sp³-hybridized carbons (Fsp3) is 0.370. The first-order valence-corrected chi connectivity index (χ1v) is 19.6. The van der Waals surface area contributed by atoms with Crippen LogP contribution in [-0.2, 0) is 28.9 Å². The van der Waals surface area contributed by atoms with Crippen molar-refractivity contribution in [1.29, 1.82) is 0 Å². The number of ether oxygens (including phenoxy) is 1. The number of carbonyl (C=O) groups is 2. The van der Waals surface area contributed by atoms with Crippen LogP contribution in [0.5, 0.6) is 5.75 Å². The van der Waals surface area contributed by atoms with Crippen molar-refractivity contribution in [1.82, 2.24) is 20.1 Å². The number of rotatable bonds is 19. The summed E-state index contributed by atoms with van der Waals surface area (Å²) in [5.74, 6) is 0.562. The average Bonchev–Trinajstić information content (AvgIpc) is 3.21. The van der Waals surface area contributed by atoms with Crippen LogP contribution in [-0.4, -0.2) is 82.7 Å². The van der Waals surface area contributed by atoms with E-state index >= 15 is 0 Å². The number of amides is 2. The number of benzene rings is 4. The molecule has 0 bridgehead atoms. The summed E-state index contributed by atoms with van der Waals surface area (Å²) in [7, 11) is 0. The van der Waals surface area contributed by atoms with Crippen LogP contribution in [0.3, 0.4) is 0 Å². The first-order valence-electron chi connectivity index (χ1n) is 19.6. The largest absolute Gasteiger partial charge is 0.490 e. The van der Waals surface area contributed by atoms with Crippen molar-refractivity contribution in [3.63, 3.8) is 0 Å². The molecule has 5 aromatic rings. The van der Waals surface area contributed by atoms with Crippen LogP contribution in [0.2, 0.25) is 0 Å². The second-order valence-electron chi connectivity index (χ2n) is 14.5. The molecule has 1 aliphatic heterocycles. The van der Waals surface area contributed by atoms with Gasteiger partial charge in [0, 0.05) is 50.2 Å². The molecule has 2 heterocycles. The molecule has 1 aliphatic rings. The molecule has 6 rings (SSSR count). The summed E-state index contributed by atoms with van der Waals surface area (Å²) < 4.78 is 6.07. The Bertz CT molecular complexity index is 1820. The van der Waals surface area contributed by atoms with Gasteiger partial charge in [0.2, 0.25) is 11.8 Å². The molecule has 4 aromatic carbocycles.